The average molecular weight is 397 g/mol. The molecule has 2 aromatic rings. The van der Waals surface area contributed by atoms with Gasteiger partial charge in [0.05, 0.1) is 27.4 Å². The highest BCUT2D eigenvalue weighted by atomic mass is 79.9. The van der Waals surface area contributed by atoms with Crippen LogP contribution in [0.15, 0.2) is 39.9 Å². The summed E-state index contributed by atoms with van der Waals surface area (Å²) >= 11 is 9.38. The monoisotopic (exact) mass is 395 g/mol. The van der Waals surface area contributed by atoms with Crippen LogP contribution in [0.5, 0.6) is 11.5 Å². The van der Waals surface area contributed by atoms with Gasteiger partial charge in [0, 0.05) is 0 Å². The number of anilines is 1. The Kier molecular flexibility index (Phi) is 4.40. The minimum absolute atomic E-state index is 0.0120. The SMILES string of the molecule is O=C([O-])c1ccc(Cl)c(N/N=C\c2cc(Br)c3c(c2)OCO3)c1. The lowest BCUT2D eigenvalue weighted by atomic mass is 10.2. The Morgan fingerprint density at radius 2 is 2.17 bits per heavy atom. The van der Waals surface area contributed by atoms with E-state index in [-0.39, 0.29) is 12.4 Å². The molecular weight excluding hydrogens is 388 g/mol. The molecule has 0 atom stereocenters. The molecule has 8 heteroatoms. The molecule has 0 spiro atoms. The van der Waals surface area contributed by atoms with E-state index in [0.29, 0.717) is 22.2 Å². The minimum Gasteiger partial charge on any atom is -0.545 e. The largest absolute Gasteiger partial charge is 0.545 e. The summed E-state index contributed by atoms with van der Waals surface area (Å²) in [5, 5.41) is 15.3. The van der Waals surface area contributed by atoms with Crippen molar-refractivity contribution in [2.75, 3.05) is 12.2 Å². The third-order valence-corrected chi connectivity index (χ3v) is 3.97. The van der Waals surface area contributed by atoms with Crippen LogP contribution >= 0.6 is 27.5 Å². The van der Waals surface area contributed by atoms with Gasteiger partial charge in [0.25, 0.3) is 0 Å². The maximum absolute atomic E-state index is 10.9. The first kappa shape index (κ1) is 15.6. The third kappa shape index (κ3) is 3.40. The van der Waals surface area contributed by atoms with Crippen molar-refractivity contribution in [3.8, 4) is 11.5 Å². The van der Waals surface area contributed by atoms with E-state index in [4.69, 9.17) is 21.1 Å². The summed E-state index contributed by atoms with van der Waals surface area (Å²) in [5.41, 5.74) is 3.84. The molecule has 6 nitrogen and oxygen atoms in total. The topological polar surface area (TPSA) is 83.0 Å². The zero-order valence-corrected chi connectivity index (χ0v) is 13.8. The van der Waals surface area contributed by atoms with E-state index in [1.54, 1.807) is 12.3 Å². The standard InChI is InChI=1S/C15H10BrClN2O4/c16-10-3-8(4-13-14(10)23-7-22-13)6-18-19-12-5-9(15(20)21)1-2-11(12)17/h1-6,19H,7H2,(H,20,21)/p-1/b18-6-. The van der Waals surface area contributed by atoms with Crippen LogP contribution in [0.4, 0.5) is 5.69 Å². The number of carbonyl (C=O) groups excluding carboxylic acids is 1. The van der Waals surface area contributed by atoms with Gasteiger partial charge in [-0.05, 0) is 51.3 Å². The number of hydrogen-bond acceptors (Lipinski definition) is 6. The second-order valence-electron chi connectivity index (χ2n) is 4.59. The van der Waals surface area contributed by atoms with Gasteiger partial charge in [-0.3, -0.25) is 5.43 Å². The fraction of sp³-hybridized carbons (Fsp3) is 0.0667. The first-order valence-corrected chi connectivity index (χ1v) is 7.61. The Hall–Kier alpha value is -2.25. The molecule has 0 aromatic heterocycles. The first-order valence-electron chi connectivity index (χ1n) is 6.44. The molecule has 118 valence electrons. The smallest absolute Gasteiger partial charge is 0.231 e. The normalized spacial score (nSPS) is 12.6. The number of nitrogens with one attached hydrogen (secondary N) is 1. The van der Waals surface area contributed by atoms with Crippen molar-refractivity contribution in [2.24, 2.45) is 5.10 Å². The molecule has 0 fully saturated rings. The Morgan fingerprint density at radius 3 is 2.96 bits per heavy atom. The van der Waals surface area contributed by atoms with E-state index < -0.39 is 5.97 Å². The highest BCUT2D eigenvalue weighted by molar-refractivity contribution is 9.10. The number of ether oxygens (including phenoxy) is 2. The molecule has 0 unspecified atom stereocenters. The Morgan fingerprint density at radius 1 is 1.35 bits per heavy atom. The number of carbonyl (C=O) groups is 1. The van der Waals surface area contributed by atoms with Crippen LogP contribution in [-0.4, -0.2) is 19.0 Å². The van der Waals surface area contributed by atoms with E-state index >= 15 is 0 Å². The quantitative estimate of drug-likeness (QED) is 0.634. The van der Waals surface area contributed by atoms with Crippen LogP contribution in [0.2, 0.25) is 5.02 Å². The molecule has 0 saturated carbocycles. The molecule has 0 bridgehead atoms. The summed E-state index contributed by atoms with van der Waals surface area (Å²) in [5.74, 6) is -0.00832. The zero-order chi connectivity index (χ0) is 16.4. The number of rotatable bonds is 4. The van der Waals surface area contributed by atoms with Crippen LogP contribution in [0.25, 0.3) is 0 Å². The van der Waals surface area contributed by atoms with Gasteiger partial charge in [-0.25, -0.2) is 0 Å². The van der Waals surface area contributed by atoms with Gasteiger partial charge in [-0.15, -0.1) is 0 Å². The second kappa shape index (κ2) is 6.47. The van der Waals surface area contributed by atoms with Gasteiger partial charge < -0.3 is 19.4 Å². The number of hydrogen-bond donors (Lipinski definition) is 1. The molecule has 1 aliphatic heterocycles. The molecule has 1 heterocycles. The van der Waals surface area contributed by atoms with Crippen LogP contribution < -0.4 is 20.0 Å². The van der Waals surface area contributed by atoms with Gasteiger partial charge in [0.1, 0.15) is 0 Å². The number of fused-ring (bicyclic) bond motifs is 1. The molecule has 3 rings (SSSR count). The maximum Gasteiger partial charge on any atom is 0.231 e. The maximum atomic E-state index is 10.9. The summed E-state index contributed by atoms with van der Waals surface area (Å²) in [7, 11) is 0. The fourth-order valence-corrected chi connectivity index (χ4v) is 2.71. The summed E-state index contributed by atoms with van der Waals surface area (Å²) in [6.07, 6.45) is 1.55. The molecule has 1 aliphatic rings. The summed E-state index contributed by atoms with van der Waals surface area (Å²) in [6.45, 7) is 0.179. The van der Waals surface area contributed by atoms with Gasteiger partial charge in [-0.1, -0.05) is 17.7 Å². The van der Waals surface area contributed by atoms with Crippen LogP contribution in [0.1, 0.15) is 15.9 Å². The average Bonchev–Trinajstić information content (AvgIpc) is 2.98. The molecule has 0 aliphatic carbocycles. The van der Waals surface area contributed by atoms with E-state index in [1.807, 2.05) is 6.07 Å². The van der Waals surface area contributed by atoms with Crippen molar-refractivity contribution >= 4 is 45.4 Å². The lowest BCUT2D eigenvalue weighted by molar-refractivity contribution is -0.255. The Labute approximate surface area is 144 Å². The van der Waals surface area contributed by atoms with E-state index in [2.05, 4.69) is 26.5 Å². The van der Waals surface area contributed by atoms with Crippen molar-refractivity contribution in [2.45, 2.75) is 0 Å². The molecule has 0 saturated heterocycles. The highest BCUT2D eigenvalue weighted by Crippen LogP contribution is 2.39. The fourth-order valence-electron chi connectivity index (χ4n) is 1.98. The predicted octanol–water partition coefficient (Wildman–Crippen LogP) is 2.64. The van der Waals surface area contributed by atoms with Gasteiger partial charge >= 0.3 is 0 Å². The van der Waals surface area contributed by atoms with Crippen molar-refractivity contribution in [3.05, 3.63) is 51.0 Å². The Bertz CT molecular complexity index is 810. The number of aromatic carboxylic acids is 1. The molecule has 2 aromatic carbocycles. The number of nitrogens with zero attached hydrogens (tertiary/aromatic N) is 1. The molecular formula is C15H9BrClN2O4-. The number of carboxylic acids is 1. The van der Waals surface area contributed by atoms with Crippen molar-refractivity contribution < 1.29 is 19.4 Å². The van der Waals surface area contributed by atoms with Gasteiger partial charge in [0.15, 0.2) is 11.5 Å². The van der Waals surface area contributed by atoms with Gasteiger partial charge in [0.2, 0.25) is 6.79 Å². The van der Waals surface area contributed by atoms with Crippen LogP contribution in [0, 0.1) is 0 Å². The summed E-state index contributed by atoms with van der Waals surface area (Å²) in [4.78, 5) is 10.9. The number of hydrazone groups is 1. The molecule has 0 radical (unpaired) electrons. The minimum atomic E-state index is -1.28. The number of halogens is 2. The van der Waals surface area contributed by atoms with E-state index in [9.17, 15) is 9.90 Å². The van der Waals surface area contributed by atoms with Crippen LogP contribution in [-0.2, 0) is 0 Å². The second-order valence-corrected chi connectivity index (χ2v) is 5.85. The van der Waals surface area contributed by atoms with Crippen LogP contribution in [0.3, 0.4) is 0 Å². The number of carboxylic acid groups (broad SMARTS) is 1. The lowest BCUT2D eigenvalue weighted by Gasteiger charge is -2.07. The highest BCUT2D eigenvalue weighted by Gasteiger charge is 2.17. The van der Waals surface area contributed by atoms with E-state index in [1.165, 1.54) is 18.2 Å². The molecule has 1 N–H and O–H groups in total. The predicted molar refractivity (Wildman–Crippen MR) is 87.3 cm³/mol. The number of benzene rings is 2. The zero-order valence-electron chi connectivity index (χ0n) is 11.5. The Balaban J connectivity index is 1.78. The van der Waals surface area contributed by atoms with E-state index in [0.717, 1.165) is 10.0 Å². The van der Waals surface area contributed by atoms with Crippen molar-refractivity contribution in [1.82, 2.24) is 0 Å². The molecule has 0 amide bonds. The van der Waals surface area contributed by atoms with Crippen molar-refractivity contribution in [1.29, 1.82) is 0 Å². The van der Waals surface area contributed by atoms with Gasteiger partial charge in [-0.2, -0.15) is 5.10 Å². The lowest BCUT2D eigenvalue weighted by Crippen LogP contribution is -2.22. The molecule has 23 heavy (non-hydrogen) atoms. The summed E-state index contributed by atoms with van der Waals surface area (Å²) < 4.78 is 11.4. The third-order valence-electron chi connectivity index (χ3n) is 3.05. The first-order chi connectivity index (χ1) is 11.0. The van der Waals surface area contributed by atoms with Crippen molar-refractivity contribution in [3.63, 3.8) is 0 Å². The summed E-state index contributed by atoms with van der Waals surface area (Å²) in [6, 6.07) is 7.77.